The molecule has 1 saturated heterocycles. The summed E-state index contributed by atoms with van der Waals surface area (Å²) < 4.78 is 6.28. The number of anilines is 1. The third-order valence-electron chi connectivity index (χ3n) is 4.12. The van der Waals surface area contributed by atoms with Crippen LogP contribution in [0.2, 0.25) is 0 Å². The minimum absolute atomic E-state index is 0.158. The molecule has 24 heavy (non-hydrogen) atoms. The van der Waals surface area contributed by atoms with E-state index < -0.39 is 0 Å². The summed E-state index contributed by atoms with van der Waals surface area (Å²) in [6, 6.07) is 11.9. The van der Waals surface area contributed by atoms with Crippen LogP contribution in [0, 0.1) is 0 Å². The number of benzene rings is 1. The Morgan fingerprint density at radius 3 is 2.71 bits per heavy atom. The largest absolute Gasteiger partial charge is 0.445 e. The zero-order valence-corrected chi connectivity index (χ0v) is 14.9. The van der Waals surface area contributed by atoms with E-state index in [2.05, 4.69) is 31.1 Å². The van der Waals surface area contributed by atoms with Gasteiger partial charge in [0.15, 0.2) is 0 Å². The third kappa shape index (κ3) is 4.47. The van der Waals surface area contributed by atoms with Gasteiger partial charge in [-0.25, -0.2) is 4.79 Å². The summed E-state index contributed by atoms with van der Waals surface area (Å²) in [6.45, 7) is 2.09. The van der Waals surface area contributed by atoms with Crippen molar-refractivity contribution in [2.45, 2.75) is 25.5 Å². The summed E-state index contributed by atoms with van der Waals surface area (Å²) in [4.78, 5) is 18.3. The average molecular weight is 390 g/mol. The van der Waals surface area contributed by atoms with Gasteiger partial charge in [0.25, 0.3) is 0 Å². The highest BCUT2D eigenvalue weighted by Gasteiger charge is 2.22. The van der Waals surface area contributed by atoms with Crippen LogP contribution in [-0.2, 0) is 11.3 Å². The van der Waals surface area contributed by atoms with Crippen molar-refractivity contribution in [3.63, 3.8) is 0 Å². The summed E-state index contributed by atoms with van der Waals surface area (Å²) in [7, 11) is 0. The Labute approximate surface area is 150 Å². The summed E-state index contributed by atoms with van der Waals surface area (Å²) in [6.07, 6.45) is 5.05. The van der Waals surface area contributed by atoms with E-state index in [0.29, 0.717) is 6.61 Å². The van der Waals surface area contributed by atoms with Gasteiger partial charge in [-0.15, -0.1) is 0 Å². The second-order valence-electron chi connectivity index (χ2n) is 5.79. The van der Waals surface area contributed by atoms with Gasteiger partial charge in [0.1, 0.15) is 6.61 Å². The Bertz CT molecular complexity index is 673. The lowest BCUT2D eigenvalue weighted by Gasteiger charge is -2.34. The molecule has 0 atom stereocenters. The van der Waals surface area contributed by atoms with Gasteiger partial charge in [0, 0.05) is 31.5 Å². The van der Waals surface area contributed by atoms with Crippen LogP contribution >= 0.6 is 15.9 Å². The van der Waals surface area contributed by atoms with Crippen molar-refractivity contribution in [2.24, 2.45) is 0 Å². The fourth-order valence-corrected chi connectivity index (χ4v) is 3.32. The maximum atomic E-state index is 11.9. The molecule has 0 bridgehead atoms. The van der Waals surface area contributed by atoms with E-state index in [1.807, 2.05) is 36.4 Å². The Morgan fingerprint density at radius 1 is 1.25 bits per heavy atom. The molecule has 1 aliphatic rings. The molecule has 6 heteroatoms. The lowest BCUT2D eigenvalue weighted by Crippen LogP contribution is -2.45. The highest BCUT2D eigenvalue weighted by molar-refractivity contribution is 9.10. The molecule has 1 aromatic carbocycles. The van der Waals surface area contributed by atoms with Crippen LogP contribution in [0.25, 0.3) is 0 Å². The monoisotopic (exact) mass is 389 g/mol. The topological polar surface area (TPSA) is 54.5 Å². The minimum Gasteiger partial charge on any atom is -0.445 e. The highest BCUT2D eigenvalue weighted by Crippen LogP contribution is 2.27. The fourth-order valence-electron chi connectivity index (χ4n) is 2.82. The molecule has 1 aromatic heterocycles. The Kier molecular flexibility index (Phi) is 5.69. The quantitative estimate of drug-likeness (QED) is 0.864. The first kappa shape index (κ1) is 16.8. The van der Waals surface area contributed by atoms with Crippen molar-refractivity contribution in [3.05, 3.63) is 58.8 Å². The lowest BCUT2D eigenvalue weighted by atomic mass is 10.0. The van der Waals surface area contributed by atoms with Crippen LogP contribution < -0.4 is 10.2 Å². The maximum absolute atomic E-state index is 11.9. The molecule has 0 aliphatic carbocycles. The number of carbonyl (C=O) groups excluding carboxylic acids is 1. The predicted octanol–water partition coefficient (Wildman–Crippen LogP) is 3.74. The van der Waals surface area contributed by atoms with E-state index >= 15 is 0 Å². The molecule has 0 radical (unpaired) electrons. The number of rotatable bonds is 4. The van der Waals surface area contributed by atoms with Crippen molar-refractivity contribution in [1.29, 1.82) is 0 Å². The average Bonchev–Trinajstić information content (AvgIpc) is 2.62. The first-order valence-corrected chi connectivity index (χ1v) is 8.83. The van der Waals surface area contributed by atoms with Crippen LogP contribution in [0.1, 0.15) is 18.4 Å². The predicted molar refractivity (Wildman–Crippen MR) is 96.9 cm³/mol. The molecule has 1 N–H and O–H groups in total. The van der Waals surface area contributed by atoms with Crippen molar-refractivity contribution in [3.8, 4) is 0 Å². The third-order valence-corrected chi connectivity index (χ3v) is 4.73. The van der Waals surface area contributed by atoms with Crippen LogP contribution in [0.3, 0.4) is 0 Å². The number of piperidine rings is 1. The first-order valence-electron chi connectivity index (χ1n) is 8.04. The van der Waals surface area contributed by atoms with Gasteiger partial charge < -0.3 is 15.0 Å². The molecule has 1 aliphatic heterocycles. The van der Waals surface area contributed by atoms with Crippen molar-refractivity contribution in [2.75, 3.05) is 18.0 Å². The van der Waals surface area contributed by atoms with Crippen molar-refractivity contribution < 1.29 is 9.53 Å². The van der Waals surface area contributed by atoms with Gasteiger partial charge in [-0.2, -0.15) is 0 Å². The van der Waals surface area contributed by atoms with Gasteiger partial charge in [-0.1, -0.05) is 30.3 Å². The molecule has 2 heterocycles. The second kappa shape index (κ2) is 8.15. The van der Waals surface area contributed by atoms with Crippen molar-refractivity contribution in [1.82, 2.24) is 10.3 Å². The molecule has 126 valence electrons. The number of carbonyl (C=O) groups is 1. The molecule has 1 fully saturated rings. The van der Waals surface area contributed by atoms with Gasteiger partial charge in [-0.05, 0) is 40.4 Å². The second-order valence-corrected chi connectivity index (χ2v) is 6.65. The lowest BCUT2D eigenvalue weighted by molar-refractivity contribution is 0.134. The van der Waals surface area contributed by atoms with Crippen molar-refractivity contribution >= 4 is 27.7 Å². The molecule has 0 spiro atoms. The number of alkyl carbamates (subject to hydrolysis) is 1. The normalized spacial score (nSPS) is 15.1. The molecule has 3 rings (SSSR count). The molecule has 0 saturated carbocycles. The van der Waals surface area contributed by atoms with E-state index in [1.54, 1.807) is 12.4 Å². The summed E-state index contributed by atoms with van der Waals surface area (Å²) in [5, 5.41) is 2.96. The summed E-state index contributed by atoms with van der Waals surface area (Å²) >= 11 is 3.54. The SMILES string of the molecule is O=C(NC1CCN(c2ccncc2Br)CC1)OCc1ccccc1. The molecule has 0 unspecified atom stereocenters. The summed E-state index contributed by atoms with van der Waals surface area (Å²) in [5.74, 6) is 0. The minimum atomic E-state index is -0.345. The number of hydrogen-bond acceptors (Lipinski definition) is 4. The Hall–Kier alpha value is -2.08. The van der Waals surface area contributed by atoms with Gasteiger partial charge in [0.2, 0.25) is 0 Å². The summed E-state index contributed by atoms with van der Waals surface area (Å²) in [5.41, 5.74) is 2.14. The number of hydrogen-bond donors (Lipinski definition) is 1. The fraction of sp³-hybridized carbons (Fsp3) is 0.333. The van der Waals surface area contributed by atoms with E-state index in [9.17, 15) is 4.79 Å². The number of pyridine rings is 1. The smallest absolute Gasteiger partial charge is 0.407 e. The van der Waals surface area contributed by atoms with Gasteiger partial charge in [-0.3, -0.25) is 4.98 Å². The zero-order chi connectivity index (χ0) is 16.8. The van der Waals surface area contributed by atoms with Gasteiger partial charge >= 0.3 is 6.09 Å². The van der Waals surface area contributed by atoms with E-state index in [1.165, 1.54) is 0 Å². The molecular weight excluding hydrogens is 370 g/mol. The molecule has 5 nitrogen and oxygen atoms in total. The standard InChI is InChI=1S/C18H20BrN3O2/c19-16-12-20-9-6-17(16)22-10-7-15(8-11-22)21-18(23)24-13-14-4-2-1-3-5-14/h1-6,9,12,15H,7-8,10-11,13H2,(H,21,23). The maximum Gasteiger partial charge on any atom is 0.407 e. The van der Waals surface area contributed by atoms with E-state index in [0.717, 1.165) is 41.7 Å². The number of aromatic nitrogens is 1. The first-order chi connectivity index (χ1) is 11.7. The van der Waals surface area contributed by atoms with E-state index in [-0.39, 0.29) is 12.1 Å². The van der Waals surface area contributed by atoms with Crippen LogP contribution in [0.5, 0.6) is 0 Å². The number of nitrogens with one attached hydrogen (secondary N) is 1. The Balaban J connectivity index is 1.44. The number of amides is 1. The number of halogens is 1. The molecule has 1 amide bonds. The van der Waals surface area contributed by atoms with Crippen LogP contribution in [0.4, 0.5) is 10.5 Å². The van der Waals surface area contributed by atoms with Gasteiger partial charge in [0.05, 0.1) is 10.2 Å². The highest BCUT2D eigenvalue weighted by atomic mass is 79.9. The molecule has 2 aromatic rings. The number of nitrogens with zero attached hydrogens (tertiary/aromatic N) is 2. The zero-order valence-electron chi connectivity index (χ0n) is 13.3. The van der Waals surface area contributed by atoms with Crippen LogP contribution in [0.15, 0.2) is 53.3 Å². The Morgan fingerprint density at radius 2 is 2.00 bits per heavy atom. The van der Waals surface area contributed by atoms with Crippen LogP contribution in [-0.4, -0.2) is 30.2 Å². The van der Waals surface area contributed by atoms with E-state index in [4.69, 9.17) is 4.74 Å². The number of ether oxygens (including phenoxy) is 1. The molecular formula is C18H20BrN3O2.